The highest BCUT2D eigenvalue weighted by molar-refractivity contribution is 7.17. The zero-order chi connectivity index (χ0) is 17.5. The molecule has 26 heavy (non-hydrogen) atoms. The van der Waals surface area contributed by atoms with E-state index in [4.69, 9.17) is 4.52 Å². The van der Waals surface area contributed by atoms with E-state index in [1.54, 1.807) is 17.4 Å². The number of nitrogens with zero attached hydrogens (tertiary/aromatic N) is 3. The van der Waals surface area contributed by atoms with Crippen LogP contribution in [0, 0.1) is 5.82 Å². The largest absolute Gasteiger partial charge is 0.368 e. The van der Waals surface area contributed by atoms with Gasteiger partial charge in [-0.25, -0.2) is 4.39 Å². The third-order valence-corrected chi connectivity index (χ3v) is 5.95. The number of halogens is 1. The monoisotopic (exact) mass is 367 g/mol. The maximum Gasteiger partial charge on any atom is 0.167 e. The van der Waals surface area contributed by atoms with Crippen molar-refractivity contribution in [2.24, 2.45) is 0 Å². The predicted octanol–water partition coefficient (Wildman–Crippen LogP) is 4.50. The van der Waals surface area contributed by atoms with Crippen molar-refractivity contribution in [2.45, 2.75) is 6.54 Å². The lowest BCUT2D eigenvalue weighted by Gasteiger charge is -2.36. The van der Waals surface area contributed by atoms with E-state index in [0.717, 1.165) is 37.3 Å². The zero-order valence-electron chi connectivity index (χ0n) is 14.2. The van der Waals surface area contributed by atoms with Crippen molar-refractivity contribution in [1.82, 2.24) is 10.1 Å². The SMILES string of the molecule is Fc1ccc2onc(CN3CCN(c4cccc5sccc45)CC3)c2c1. The first-order chi connectivity index (χ1) is 12.8. The lowest BCUT2D eigenvalue weighted by atomic mass is 10.1. The Morgan fingerprint density at radius 1 is 1.04 bits per heavy atom. The van der Waals surface area contributed by atoms with Gasteiger partial charge in [-0.3, -0.25) is 4.90 Å². The van der Waals surface area contributed by atoms with Crippen LogP contribution in [0.5, 0.6) is 0 Å². The van der Waals surface area contributed by atoms with Gasteiger partial charge < -0.3 is 9.42 Å². The summed E-state index contributed by atoms with van der Waals surface area (Å²) >= 11 is 1.78. The van der Waals surface area contributed by atoms with Crippen LogP contribution in [0.15, 0.2) is 52.4 Å². The molecule has 0 aliphatic carbocycles. The van der Waals surface area contributed by atoms with Gasteiger partial charge in [0.2, 0.25) is 0 Å². The van der Waals surface area contributed by atoms with E-state index in [1.165, 1.54) is 27.9 Å². The van der Waals surface area contributed by atoms with Gasteiger partial charge in [-0.15, -0.1) is 11.3 Å². The van der Waals surface area contributed by atoms with Crippen molar-refractivity contribution in [3.8, 4) is 0 Å². The summed E-state index contributed by atoms with van der Waals surface area (Å²) in [7, 11) is 0. The maximum absolute atomic E-state index is 13.5. The van der Waals surface area contributed by atoms with Gasteiger partial charge in [0.25, 0.3) is 0 Å². The standard InChI is InChI=1S/C20H18FN3OS/c21-14-4-5-19-16(12-14)17(22-25-19)13-23-7-9-24(10-8-23)18-2-1-3-20-15(18)6-11-26-20/h1-6,11-12H,7-10,13H2. The highest BCUT2D eigenvalue weighted by Crippen LogP contribution is 2.31. The van der Waals surface area contributed by atoms with Gasteiger partial charge in [-0.2, -0.15) is 0 Å². The summed E-state index contributed by atoms with van der Waals surface area (Å²) in [4.78, 5) is 4.80. The Labute approximate surface area is 154 Å². The Morgan fingerprint density at radius 2 is 1.92 bits per heavy atom. The molecule has 3 heterocycles. The Bertz CT molecular complexity index is 1070. The molecule has 0 amide bonds. The molecule has 0 atom stereocenters. The van der Waals surface area contributed by atoms with Crippen LogP contribution < -0.4 is 4.90 Å². The summed E-state index contributed by atoms with van der Waals surface area (Å²) < 4.78 is 20.2. The van der Waals surface area contributed by atoms with E-state index in [-0.39, 0.29) is 5.82 Å². The van der Waals surface area contributed by atoms with E-state index >= 15 is 0 Å². The minimum absolute atomic E-state index is 0.254. The molecule has 0 spiro atoms. The van der Waals surface area contributed by atoms with Crippen LogP contribution in [-0.2, 0) is 6.54 Å². The molecule has 6 heteroatoms. The van der Waals surface area contributed by atoms with Gasteiger partial charge in [0, 0.05) is 53.9 Å². The molecule has 0 radical (unpaired) electrons. The first kappa shape index (κ1) is 15.8. The highest BCUT2D eigenvalue weighted by Gasteiger charge is 2.21. The number of benzene rings is 2. The van der Waals surface area contributed by atoms with Gasteiger partial charge in [-0.1, -0.05) is 11.2 Å². The average molecular weight is 367 g/mol. The van der Waals surface area contributed by atoms with Gasteiger partial charge >= 0.3 is 0 Å². The molecule has 2 aromatic heterocycles. The van der Waals surface area contributed by atoms with Gasteiger partial charge in [-0.05, 0) is 41.8 Å². The number of thiophene rings is 1. The Morgan fingerprint density at radius 3 is 2.81 bits per heavy atom. The number of rotatable bonds is 3. The zero-order valence-corrected chi connectivity index (χ0v) is 15.0. The molecule has 1 fully saturated rings. The highest BCUT2D eigenvalue weighted by atomic mass is 32.1. The number of piperazine rings is 1. The van der Waals surface area contributed by atoms with E-state index in [0.29, 0.717) is 12.1 Å². The minimum Gasteiger partial charge on any atom is -0.368 e. The van der Waals surface area contributed by atoms with Crippen LogP contribution in [-0.4, -0.2) is 36.2 Å². The average Bonchev–Trinajstić information content (AvgIpc) is 3.29. The quantitative estimate of drug-likeness (QED) is 0.534. The minimum atomic E-state index is -0.254. The Hall–Kier alpha value is -2.44. The smallest absolute Gasteiger partial charge is 0.167 e. The summed E-state index contributed by atoms with van der Waals surface area (Å²) in [5.41, 5.74) is 2.77. The molecule has 4 nitrogen and oxygen atoms in total. The Balaban J connectivity index is 1.31. The molecular weight excluding hydrogens is 349 g/mol. The van der Waals surface area contributed by atoms with Gasteiger partial charge in [0.1, 0.15) is 11.5 Å². The molecule has 132 valence electrons. The van der Waals surface area contributed by atoms with E-state index in [1.807, 2.05) is 0 Å². The first-order valence-corrected chi connectivity index (χ1v) is 9.63. The summed E-state index contributed by atoms with van der Waals surface area (Å²) in [5, 5.41) is 8.41. The van der Waals surface area contributed by atoms with Crippen molar-refractivity contribution in [3.05, 3.63) is 59.4 Å². The fourth-order valence-electron chi connectivity index (χ4n) is 3.69. The molecule has 0 unspecified atom stereocenters. The van der Waals surface area contributed by atoms with Crippen molar-refractivity contribution in [3.63, 3.8) is 0 Å². The lowest BCUT2D eigenvalue weighted by Crippen LogP contribution is -2.46. The summed E-state index contributed by atoms with van der Waals surface area (Å²) in [5.74, 6) is -0.254. The summed E-state index contributed by atoms with van der Waals surface area (Å²) in [6.07, 6.45) is 0. The fraction of sp³-hybridized carbons (Fsp3) is 0.250. The number of aromatic nitrogens is 1. The van der Waals surface area contributed by atoms with E-state index in [9.17, 15) is 4.39 Å². The fourth-order valence-corrected chi connectivity index (χ4v) is 4.49. The summed E-state index contributed by atoms with van der Waals surface area (Å²) in [6, 6.07) is 13.3. The number of fused-ring (bicyclic) bond motifs is 2. The predicted molar refractivity (Wildman–Crippen MR) is 103 cm³/mol. The van der Waals surface area contributed by atoms with Crippen molar-refractivity contribution < 1.29 is 8.91 Å². The second kappa shape index (κ2) is 6.37. The molecular formula is C20H18FN3OS. The molecule has 1 saturated heterocycles. The van der Waals surface area contributed by atoms with Crippen LogP contribution in [0.4, 0.5) is 10.1 Å². The normalized spacial score (nSPS) is 16.0. The third-order valence-electron chi connectivity index (χ3n) is 5.07. The van der Waals surface area contributed by atoms with Crippen LogP contribution in [0.1, 0.15) is 5.69 Å². The van der Waals surface area contributed by atoms with Gasteiger partial charge in [0.05, 0.1) is 0 Å². The van der Waals surface area contributed by atoms with Crippen LogP contribution in [0.25, 0.3) is 21.1 Å². The molecule has 1 aliphatic heterocycles. The molecule has 5 rings (SSSR count). The molecule has 0 N–H and O–H groups in total. The first-order valence-electron chi connectivity index (χ1n) is 8.75. The second-order valence-corrected chi connectivity index (χ2v) is 7.59. The molecule has 0 bridgehead atoms. The molecule has 1 aliphatic rings. The Kier molecular flexibility index (Phi) is 3.87. The van der Waals surface area contributed by atoms with Crippen LogP contribution in [0.3, 0.4) is 0 Å². The number of anilines is 1. The third kappa shape index (κ3) is 2.75. The van der Waals surface area contributed by atoms with Crippen molar-refractivity contribution >= 4 is 38.1 Å². The molecule has 2 aromatic carbocycles. The van der Waals surface area contributed by atoms with Crippen molar-refractivity contribution in [2.75, 3.05) is 31.1 Å². The maximum atomic E-state index is 13.5. The lowest BCUT2D eigenvalue weighted by molar-refractivity contribution is 0.243. The van der Waals surface area contributed by atoms with Crippen molar-refractivity contribution in [1.29, 1.82) is 0 Å². The number of hydrogen-bond donors (Lipinski definition) is 0. The summed E-state index contributed by atoms with van der Waals surface area (Å²) in [6.45, 7) is 4.53. The van der Waals surface area contributed by atoms with E-state index in [2.05, 4.69) is 44.6 Å². The van der Waals surface area contributed by atoms with Crippen LogP contribution in [0.2, 0.25) is 0 Å². The van der Waals surface area contributed by atoms with Crippen LogP contribution >= 0.6 is 11.3 Å². The molecule has 4 aromatic rings. The van der Waals surface area contributed by atoms with E-state index < -0.39 is 0 Å². The molecule has 0 saturated carbocycles. The topological polar surface area (TPSA) is 32.5 Å². The number of hydrogen-bond acceptors (Lipinski definition) is 5. The second-order valence-electron chi connectivity index (χ2n) is 6.64. The van der Waals surface area contributed by atoms with Gasteiger partial charge in [0.15, 0.2) is 5.58 Å².